The van der Waals surface area contributed by atoms with Crippen LogP contribution in [0.25, 0.3) is 0 Å². The van der Waals surface area contributed by atoms with E-state index in [9.17, 15) is 12.8 Å². The lowest BCUT2D eigenvalue weighted by atomic mass is 9.78. The molecule has 0 bridgehead atoms. The first-order chi connectivity index (χ1) is 9.48. The summed E-state index contributed by atoms with van der Waals surface area (Å²) in [7, 11) is -3.67. The number of hydrogen-bond acceptors (Lipinski definition) is 4. The molecule has 20 heavy (non-hydrogen) atoms. The predicted octanol–water partition coefficient (Wildman–Crippen LogP) is 0.969. The maximum atomic E-state index is 13.2. The Labute approximate surface area is 118 Å². The van der Waals surface area contributed by atoms with E-state index < -0.39 is 15.8 Å². The number of rotatable bonds is 2. The van der Waals surface area contributed by atoms with E-state index in [-0.39, 0.29) is 16.9 Å². The molecule has 5 nitrogen and oxygen atoms in total. The molecule has 1 saturated carbocycles. The van der Waals surface area contributed by atoms with E-state index >= 15 is 0 Å². The zero-order valence-corrected chi connectivity index (χ0v) is 11.9. The van der Waals surface area contributed by atoms with Crippen LogP contribution in [0.3, 0.4) is 0 Å². The van der Waals surface area contributed by atoms with E-state index in [0.29, 0.717) is 19.0 Å². The Morgan fingerprint density at radius 2 is 2.10 bits per heavy atom. The molecule has 0 amide bonds. The minimum atomic E-state index is -3.67. The maximum Gasteiger partial charge on any atom is 0.244 e. The Bertz CT molecular complexity index is 607. The summed E-state index contributed by atoms with van der Waals surface area (Å²) in [5, 5.41) is 0. The van der Waals surface area contributed by atoms with E-state index in [1.807, 2.05) is 0 Å². The second-order valence-corrected chi connectivity index (χ2v) is 7.62. The van der Waals surface area contributed by atoms with Crippen molar-refractivity contribution in [1.29, 1.82) is 0 Å². The van der Waals surface area contributed by atoms with Gasteiger partial charge in [0, 0.05) is 25.3 Å². The summed E-state index contributed by atoms with van der Waals surface area (Å²) in [5.41, 5.74) is 6.09. The lowest BCUT2D eigenvalue weighted by molar-refractivity contribution is 0.260. The molecule has 2 fully saturated rings. The van der Waals surface area contributed by atoms with E-state index in [2.05, 4.69) is 4.98 Å². The highest BCUT2D eigenvalue weighted by Crippen LogP contribution is 2.37. The van der Waals surface area contributed by atoms with Crippen molar-refractivity contribution in [3.05, 3.63) is 24.3 Å². The molecule has 110 valence electrons. The second kappa shape index (κ2) is 5.05. The summed E-state index contributed by atoms with van der Waals surface area (Å²) in [4.78, 5) is 3.54. The highest BCUT2D eigenvalue weighted by Gasteiger charge is 2.43. The van der Waals surface area contributed by atoms with Crippen molar-refractivity contribution in [3.8, 4) is 0 Å². The Morgan fingerprint density at radius 1 is 1.30 bits per heavy atom. The number of aromatic nitrogens is 1. The van der Waals surface area contributed by atoms with Gasteiger partial charge in [-0.1, -0.05) is 6.42 Å². The fourth-order valence-corrected chi connectivity index (χ4v) is 4.86. The molecule has 3 unspecified atom stereocenters. The highest BCUT2D eigenvalue weighted by atomic mass is 32.2. The molecule has 1 aromatic rings. The van der Waals surface area contributed by atoms with Gasteiger partial charge in [-0.05, 0) is 30.7 Å². The molecule has 0 aromatic carbocycles. The van der Waals surface area contributed by atoms with Gasteiger partial charge < -0.3 is 5.73 Å². The van der Waals surface area contributed by atoms with Crippen LogP contribution in [-0.2, 0) is 10.0 Å². The molecule has 3 rings (SSSR count). The van der Waals surface area contributed by atoms with Crippen molar-refractivity contribution in [1.82, 2.24) is 9.29 Å². The molecule has 0 spiro atoms. The van der Waals surface area contributed by atoms with Crippen molar-refractivity contribution in [3.63, 3.8) is 0 Å². The summed E-state index contributed by atoms with van der Waals surface area (Å²) in [6.45, 7) is 0.919. The smallest absolute Gasteiger partial charge is 0.244 e. The Kier molecular flexibility index (Phi) is 3.51. The zero-order valence-electron chi connectivity index (χ0n) is 11.1. The third-order valence-electron chi connectivity index (χ3n) is 4.44. The molecule has 7 heteroatoms. The molecule has 0 radical (unpaired) electrons. The summed E-state index contributed by atoms with van der Waals surface area (Å²) in [6.07, 6.45) is 5.22. The number of nitrogens with zero attached hydrogens (tertiary/aromatic N) is 2. The third kappa shape index (κ3) is 2.34. The van der Waals surface area contributed by atoms with Crippen LogP contribution in [0.1, 0.15) is 19.3 Å². The maximum absolute atomic E-state index is 13.2. The lowest BCUT2D eigenvalue weighted by Crippen LogP contribution is -2.38. The van der Waals surface area contributed by atoms with Gasteiger partial charge in [0.2, 0.25) is 10.0 Å². The highest BCUT2D eigenvalue weighted by molar-refractivity contribution is 7.89. The Hall–Kier alpha value is -1.05. The number of sulfonamides is 1. The van der Waals surface area contributed by atoms with Crippen LogP contribution in [0.4, 0.5) is 4.39 Å². The number of hydrogen-bond donors (Lipinski definition) is 1. The topological polar surface area (TPSA) is 76.3 Å². The first-order valence-corrected chi connectivity index (χ1v) is 8.29. The van der Waals surface area contributed by atoms with Crippen LogP contribution in [0.15, 0.2) is 23.4 Å². The van der Waals surface area contributed by atoms with Gasteiger partial charge in [-0.25, -0.2) is 12.8 Å². The first-order valence-electron chi connectivity index (χ1n) is 6.85. The van der Waals surface area contributed by atoms with Gasteiger partial charge in [0.1, 0.15) is 10.7 Å². The molecule has 3 atom stereocenters. The number of nitrogens with two attached hydrogens (primary N) is 1. The monoisotopic (exact) mass is 299 g/mol. The van der Waals surface area contributed by atoms with E-state index in [4.69, 9.17) is 5.73 Å². The average molecular weight is 299 g/mol. The SMILES string of the molecule is NC1CCCC2CN(S(=O)(=O)c3cncc(F)c3)CC12. The van der Waals surface area contributed by atoms with Crippen molar-refractivity contribution in [2.75, 3.05) is 13.1 Å². The van der Waals surface area contributed by atoms with Gasteiger partial charge in [-0.15, -0.1) is 0 Å². The standard InChI is InChI=1S/C13H18FN3O2S/c14-10-4-11(6-16-5-10)20(18,19)17-7-9-2-1-3-13(15)12(9)8-17/h4-6,9,12-13H,1-3,7-8,15H2. The quantitative estimate of drug-likeness (QED) is 0.883. The average Bonchev–Trinajstić information content (AvgIpc) is 2.85. The van der Waals surface area contributed by atoms with Crippen LogP contribution in [-0.4, -0.2) is 36.8 Å². The molecule has 2 N–H and O–H groups in total. The largest absolute Gasteiger partial charge is 0.327 e. The fourth-order valence-electron chi connectivity index (χ4n) is 3.35. The fraction of sp³-hybridized carbons (Fsp3) is 0.615. The van der Waals surface area contributed by atoms with Crippen LogP contribution < -0.4 is 5.73 Å². The number of fused-ring (bicyclic) bond motifs is 1. The summed E-state index contributed by atoms with van der Waals surface area (Å²) in [6, 6.07) is 1.09. The third-order valence-corrected chi connectivity index (χ3v) is 6.23. The molecular formula is C13H18FN3O2S. The normalized spacial score (nSPS) is 31.2. The van der Waals surface area contributed by atoms with Gasteiger partial charge in [0.25, 0.3) is 0 Å². The van der Waals surface area contributed by atoms with Gasteiger partial charge in [0.05, 0.1) is 6.20 Å². The van der Waals surface area contributed by atoms with Crippen LogP contribution in [0.5, 0.6) is 0 Å². The minimum Gasteiger partial charge on any atom is -0.327 e. The first kappa shape index (κ1) is 13.9. The second-order valence-electron chi connectivity index (χ2n) is 5.68. The van der Waals surface area contributed by atoms with E-state index in [1.54, 1.807) is 0 Å². The van der Waals surface area contributed by atoms with E-state index in [1.165, 1.54) is 10.5 Å². The van der Waals surface area contributed by atoms with Crippen LogP contribution in [0, 0.1) is 17.7 Å². The minimum absolute atomic E-state index is 0.0691. The van der Waals surface area contributed by atoms with Gasteiger partial charge in [-0.2, -0.15) is 4.31 Å². The number of halogens is 1. The Morgan fingerprint density at radius 3 is 2.80 bits per heavy atom. The van der Waals surface area contributed by atoms with Crippen molar-refractivity contribution in [2.45, 2.75) is 30.2 Å². The van der Waals surface area contributed by atoms with Crippen molar-refractivity contribution in [2.24, 2.45) is 17.6 Å². The van der Waals surface area contributed by atoms with Gasteiger partial charge in [-0.3, -0.25) is 4.98 Å². The summed E-state index contributed by atoms with van der Waals surface area (Å²) < 4.78 is 39.6. The zero-order chi connectivity index (χ0) is 14.3. The number of pyridine rings is 1. The molecular weight excluding hydrogens is 281 g/mol. The molecule has 1 aliphatic carbocycles. The van der Waals surface area contributed by atoms with Gasteiger partial charge >= 0.3 is 0 Å². The molecule has 1 aromatic heterocycles. The Balaban J connectivity index is 1.86. The van der Waals surface area contributed by atoms with Crippen molar-refractivity contribution < 1.29 is 12.8 Å². The van der Waals surface area contributed by atoms with Crippen molar-refractivity contribution >= 4 is 10.0 Å². The van der Waals surface area contributed by atoms with Crippen LogP contribution in [0.2, 0.25) is 0 Å². The summed E-state index contributed by atoms with van der Waals surface area (Å²) in [5.74, 6) is -0.0884. The van der Waals surface area contributed by atoms with Gasteiger partial charge in [0.15, 0.2) is 0 Å². The predicted molar refractivity (Wildman–Crippen MR) is 71.8 cm³/mol. The van der Waals surface area contributed by atoms with Crippen LogP contribution >= 0.6 is 0 Å². The lowest BCUT2D eigenvalue weighted by Gasteiger charge is -2.29. The van der Waals surface area contributed by atoms with E-state index in [0.717, 1.165) is 31.5 Å². The summed E-state index contributed by atoms with van der Waals surface area (Å²) >= 11 is 0. The molecule has 2 heterocycles. The molecule has 1 aliphatic heterocycles. The molecule has 1 saturated heterocycles. The molecule has 2 aliphatic rings.